The van der Waals surface area contributed by atoms with Gasteiger partial charge < -0.3 is 10.6 Å². The fourth-order valence-electron chi connectivity index (χ4n) is 1.92. The Bertz CT molecular complexity index is 383. The molecule has 0 spiro atoms. The van der Waals surface area contributed by atoms with Gasteiger partial charge in [-0.2, -0.15) is 11.8 Å². The quantitative estimate of drug-likeness (QED) is 0.832. The van der Waals surface area contributed by atoms with Crippen LogP contribution in [0.3, 0.4) is 0 Å². The van der Waals surface area contributed by atoms with Crippen LogP contribution in [-0.2, 0) is 11.2 Å². The molecule has 0 aliphatic rings. The maximum atomic E-state index is 12.2. The van der Waals surface area contributed by atoms with E-state index in [0.717, 1.165) is 12.2 Å². The van der Waals surface area contributed by atoms with E-state index in [-0.39, 0.29) is 11.9 Å². The Morgan fingerprint density at radius 2 is 2.00 bits per heavy atom. The third-order valence-corrected chi connectivity index (χ3v) is 4.14. The molecule has 3 nitrogen and oxygen atoms in total. The first-order valence-electron chi connectivity index (χ1n) is 6.61. The first kappa shape index (κ1) is 16.1. The van der Waals surface area contributed by atoms with Crippen LogP contribution in [0, 0.1) is 0 Å². The van der Waals surface area contributed by atoms with Gasteiger partial charge in [-0.1, -0.05) is 30.3 Å². The van der Waals surface area contributed by atoms with Crippen LogP contribution in [0.2, 0.25) is 0 Å². The highest BCUT2D eigenvalue weighted by Crippen LogP contribution is 2.09. The van der Waals surface area contributed by atoms with E-state index in [1.54, 1.807) is 16.7 Å². The summed E-state index contributed by atoms with van der Waals surface area (Å²) in [5, 5.41) is 0. The van der Waals surface area contributed by atoms with E-state index in [2.05, 4.69) is 19.1 Å². The van der Waals surface area contributed by atoms with Crippen LogP contribution in [0.4, 0.5) is 0 Å². The smallest absolute Gasteiger partial charge is 0.239 e. The van der Waals surface area contributed by atoms with Gasteiger partial charge in [-0.3, -0.25) is 4.79 Å². The second kappa shape index (κ2) is 8.23. The van der Waals surface area contributed by atoms with Gasteiger partial charge in [0.15, 0.2) is 0 Å². The van der Waals surface area contributed by atoms with Crippen molar-refractivity contribution in [2.24, 2.45) is 5.73 Å². The lowest BCUT2D eigenvalue weighted by atomic mass is 10.0. The summed E-state index contributed by atoms with van der Waals surface area (Å²) in [6, 6.07) is 9.96. The Labute approximate surface area is 120 Å². The largest absolute Gasteiger partial charge is 0.341 e. The molecule has 106 valence electrons. The Kier molecular flexibility index (Phi) is 6.95. The molecule has 0 saturated heterocycles. The van der Waals surface area contributed by atoms with Gasteiger partial charge in [-0.05, 0) is 31.6 Å². The average Bonchev–Trinajstić information content (AvgIpc) is 2.44. The van der Waals surface area contributed by atoms with Crippen molar-refractivity contribution in [1.82, 2.24) is 4.90 Å². The summed E-state index contributed by atoms with van der Waals surface area (Å²) in [4.78, 5) is 13.9. The number of aryl methyl sites for hydroxylation is 1. The summed E-state index contributed by atoms with van der Waals surface area (Å²) in [5.41, 5.74) is 7.23. The first-order valence-corrected chi connectivity index (χ1v) is 8.00. The van der Waals surface area contributed by atoms with Crippen molar-refractivity contribution >= 4 is 17.7 Å². The highest BCUT2D eigenvalue weighted by molar-refractivity contribution is 7.98. The van der Waals surface area contributed by atoms with Crippen LogP contribution in [0.1, 0.15) is 18.9 Å². The van der Waals surface area contributed by atoms with Gasteiger partial charge in [0.1, 0.15) is 0 Å². The van der Waals surface area contributed by atoms with E-state index < -0.39 is 6.04 Å². The van der Waals surface area contributed by atoms with Crippen LogP contribution < -0.4 is 5.73 Å². The zero-order chi connectivity index (χ0) is 14.3. The number of hydrogen-bond acceptors (Lipinski definition) is 3. The lowest BCUT2D eigenvalue weighted by Gasteiger charge is -2.27. The molecule has 1 amide bonds. The second-order valence-electron chi connectivity index (χ2n) is 4.88. The number of nitrogens with two attached hydrogens (primary N) is 1. The van der Waals surface area contributed by atoms with Crippen LogP contribution in [0.5, 0.6) is 0 Å². The highest BCUT2D eigenvalue weighted by Gasteiger charge is 2.21. The Hall–Kier alpha value is -1.00. The topological polar surface area (TPSA) is 46.3 Å². The molecule has 1 unspecified atom stereocenters. The number of thioether (sulfide) groups is 1. The number of likely N-dealkylation sites (N-methyl/N-ethyl adjacent to an activating group) is 1. The molecular formula is C15H24N2OS. The molecule has 0 aliphatic carbocycles. The van der Waals surface area contributed by atoms with Crippen molar-refractivity contribution < 1.29 is 4.79 Å². The standard InChI is InChI=1S/C15H24N2OS/c1-12(11-19-3)17(2)15(18)14(16)10-9-13-7-5-4-6-8-13/h4-8,12,14H,9-11,16H2,1-3H3/t12?,14-/m0/s1. The zero-order valence-electron chi connectivity index (χ0n) is 12.0. The number of hydrogen-bond donors (Lipinski definition) is 1. The molecule has 0 aliphatic heterocycles. The number of amides is 1. The van der Waals surface area contributed by atoms with Gasteiger partial charge in [0.05, 0.1) is 6.04 Å². The van der Waals surface area contributed by atoms with Gasteiger partial charge in [-0.15, -0.1) is 0 Å². The summed E-state index contributed by atoms with van der Waals surface area (Å²) in [6.45, 7) is 2.05. The van der Waals surface area contributed by atoms with Crippen molar-refractivity contribution in [2.45, 2.75) is 31.8 Å². The lowest BCUT2D eigenvalue weighted by Crippen LogP contribution is -2.46. The average molecular weight is 280 g/mol. The third-order valence-electron chi connectivity index (χ3n) is 3.32. The second-order valence-corrected chi connectivity index (χ2v) is 5.79. The highest BCUT2D eigenvalue weighted by atomic mass is 32.2. The molecule has 0 saturated carbocycles. The van der Waals surface area contributed by atoms with Gasteiger partial charge >= 0.3 is 0 Å². The fraction of sp³-hybridized carbons (Fsp3) is 0.533. The minimum absolute atomic E-state index is 0.0393. The molecule has 2 N–H and O–H groups in total. The lowest BCUT2D eigenvalue weighted by molar-refractivity contribution is -0.132. The van der Waals surface area contributed by atoms with Crippen LogP contribution in [0.15, 0.2) is 30.3 Å². The molecule has 4 heteroatoms. The van der Waals surface area contributed by atoms with Gasteiger partial charge in [-0.25, -0.2) is 0 Å². The van der Waals surface area contributed by atoms with E-state index in [4.69, 9.17) is 5.73 Å². The van der Waals surface area contributed by atoms with Gasteiger partial charge in [0, 0.05) is 18.8 Å². The van der Waals surface area contributed by atoms with E-state index in [0.29, 0.717) is 6.42 Å². The monoisotopic (exact) mass is 280 g/mol. The normalized spacial score (nSPS) is 13.9. The molecule has 0 aromatic heterocycles. The van der Waals surface area contributed by atoms with Crippen LogP contribution in [-0.4, -0.2) is 41.9 Å². The van der Waals surface area contributed by atoms with E-state index in [9.17, 15) is 4.79 Å². The molecule has 1 aromatic rings. The van der Waals surface area contributed by atoms with Gasteiger partial charge in [0.25, 0.3) is 0 Å². The van der Waals surface area contributed by atoms with Crippen molar-refractivity contribution in [3.05, 3.63) is 35.9 Å². The minimum Gasteiger partial charge on any atom is -0.341 e. The van der Waals surface area contributed by atoms with Crippen molar-refractivity contribution in [2.75, 3.05) is 19.1 Å². The number of nitrogens with zero attached hydrogens (tertiary/aromatic N) is 1. The number of benzene rings is 1. The summed E-state index contributed by atoms with van der Waals surface area (Å²) in [7, 11) is 1.84. The molecule has 1 aromatic carbocycles. The number of carbonyl (C=O) groups excluding carboxylic acids is 1. The molecular weight excluding hydrogens is 256 g/mol. The van der Waals surface area contributed by atoms with Crippen molar-refractivity contribution in [3.8, 4) is 0 Å². The summed E-state index contributed by atoms with van der Waals surface area (Å²) < 4.78 is 0. The van der Waals surface area contributed by atoms with Crippen LogP contribution in [0.25, 0.3) is 0 Å². The summed E-state index contributed by atoms with van der Waals surface area (Å²) >= 11 is 1.74. The third kappa shape index (κ3) is 5.25. The molecule has 0 bridgehead atoms. The van der Waals surface area contributed by atoms with Crippen molar-refractivity contribution in [1.29, 1.82) is 0 Å². The van der Waals surface area contributed by atoms with E-state index >= 15 is 0 Å². The Morgan fingerprint density at radius 1 is 1.37 bits per heavy atom. The molecule has 0 fully saturated rings. The maximum absolute atomic E-state index is 12.2. The summed E-state index contributed by atoms with van der Waals surface area (Å²) in [5.74, 6) is 0.977. The number of rotatable bonds is 7. The molecule has 19 heavy (non-hydrogen) atoms. The maximum Gasteiger partial charge on any atom is 0.239 e. The Balaban J connectivity index is 2.44. The zero-order valence-corrected chi connectivity index (χ0v) is 12.8. The molecule has 0 heterocycles. The minimum atomic E-state index is -0.408. The molecule has 1 rings (SSSR count). The predicted octanol–water partition coefficient (Wildman–Crippen LogP) is 2.16. The Morgan fingerprint density at radius 3 is 2.58 bits per heavy atom. The van der Waals surface area contributed by atoms with Crippen LogP contribution >= 0.6 is 11.8 Å². The number of carbonyl (C=O) groups is 1. The van der Waals surface area contributed by atoms with Gasteiger partial charge in [0.2, 0.25) is 5.91 Å². The van der Waals surface area contributed by atoms with E-state index in [1.165, 1.54) is 5.56 Å². The summed E-state index contributed by atoms with van der Waals surface area (Å²) in [6.07, 6.45) is 3.59. The predicted molar refractivity (Wildman–Crippen MR) is 83.4 cm³/mol. The molecule has 2 atom stereocenters. The molecule has 0 radical (unpaired) electrons. The first-order chi connectivity index (χ1) is 9.06. The fourth-order valence-corrected chi connectivity index (χ4v) is 2.63. The SMILES string of the molecule is CSCC(C)N(C)C(=O)[C@@H](N)CCc1ccccc1. The van der Waals surface area contributed by atoms with Crippen molar-refractivity contribution in [3.63, 3.8) is 0 Å². The van der Waals surface area contributed by atoms with E-state index in [1.807, 2.05) is 31.5 Å².